The van der Waals surface area contributed by atoms with Crippen LogP contribution in [-0.2, 0) is 0 Å². The average Bonchev–Trinajstić information content (AvgIpc) is 2.39. The maximum absolute atomic E-state index is 12.0. The Bertz CT molecular complexity index is 416. The fraction of sp³-hybridized carbons (Fsp3) is 0.571. The van der Waals surface area contributed by atoms with Crippen molar-refractivity contribution in [3.05, 3.63) is 29.0 Å². The highest BCUT2D eigenvalue weighted by molar-refractivity contribution is 6.29. The van der Waals surface area contributed by atoms with Crippen LogP contribution in [0.2, 0.25) is 5.15 Å². The predicted octanol–water partition coefficient (Wildman–Crippen LogP) is 3.43. The van der Waals surface area contributed by atoms with Crippen molar-refractivity contribution < 1.29 is 4.79 Å². The zero-order chi connectivity index (χ0) is 13.0. The van der Waals surface area contributed by atoms with Gasteiger partial charge in [0.1, 0.15) is 10.8 Å². The molecule has 2 rings (SSSR count). The van der Waals surface area contributed by atoms with Gasteiger partial charge < -0.3 is 5.32 Å². The summed E-state index contributed by atoms with van der Waals surface area (Å²) in [7, 11) is 0. The molecule has 0 bridgehead atoms. The molecule has 18 heavy (non-hydrogen) atoms. The quantitative estimate of drug-likeness (QED) is 0.852. The summed E-state index contributed by atoms with van der Waals surface area (Å²) in [6, 6.07) is 5.31. The number of aromatic nitrogens is 1. The van der Waals surface area contributed by atoms with Crippen molar-refractivity contribution in [1.82, 2.24) is 10.3 Å². The largest absolute Gasteiger partial charge is 0.348 e. The van der Waals surface area contributed by atoms with Crippen molar-refractivity contribution in [2.75, 3.05) is 0 Å². The van der Waals surface area contributed by atoms with Crippen molar-refractivity contribution in [2.45, 2.75) is 45.1 Å². The third-order valence-electron chi connectivity index (χ3n) is 3.66. The van der Waals surface area contributed by atoms with Gasteiger partial charge in [0.05, 0.1) is 0 Å². The van der Waals surface area contributed by atoms with Gasteiger partial charge in [-0.25, -0.2) is 4.98 Å². The Morgan fingerprint density at radius 2 is 2.11 bits per heavy atom. The monoisotopic (exact) mass is 266 g/mol. The summed E-state index contributed by atoms with van der Waals surface area (Å²) >= 11 is 5.78. The molecular weight excluding hydrogens is 248 g/mol. The number of amides is 1. The molecule has 1 heterocycles. The molecule has 4 heteroatoms. The van der Waals surface area contributed by atoms with Crippen molar-refractivity contribution in [1.29, 1.82) is 0 Å². The van der Waals surface area contributed by atoms with E-state index in [1.807, 2.05) is 0 Å². The van der Waals surface area contributed by atoms with E-state index in [1.54, 1.807) is 18.2 Å². The second-order valence-electron chi connectivity index (χ2n) is 5.01. The van der Waals surface area contributed by atoms with Gasteiger partial charge in [0.15, 0.2) is 0 Å². The van der Waals surface area contributed by atoms with Crippen LogP contribution in [0.15, 0.2) is 18.2 Å². The Kier molecular flexibility index (Phi) is 4.59. The van der Waals surface area contributed by atoms with Crippen LogP contribution >= 0.6 is 11.6 Å². The van der Waals surface area contributed by atoms with E-state index >= 15 is 0 Å². The van der Waals surface area contributed by atoms with Crippen LogP contribution in [0.1, 0.15) is 49.5 Å². The molecule has 1 saturated carbocycles. The summed E-state index contributed by atoms with van der Waals surface area (Å²) in [6.45, 7) is 2.08. The SMILES string of the molecule is CC(NC(=O)c1cccc(Cl)n1)C1CCCCC1. The first-order valence-corrected chi connectivity index (χ1v) is 6.98. The van der Waals surface area contributed by atoms with E-state index < -0.39 is 0 Å². The third-order valence-corrected chi connectivity index (χ3v) is 3.87. The summed E-state index contributed by atoms with van der Waals surface area (Å²) in [5.74, 6) is 0.470. The number of carbonyl (C=O) groups is 1. The maximum Gasteiger partial charge on any atom is 0.270 e. The lowest BCUT2D eigenvalue weighted by Crippen LogP contribution is -2.39. The van der Waals surface area contributed by atoms with Crippen molar-refractivity contribution >= 4 is 17.5 Å². The molecule has 1 aromatic rings. The molecule has 1 aliphatic carbocycles. The van der Waals surface area contributed by atoms with Crippen LogP contribution in [0.4, 0.5) is 0 Å². The normalized spacial score (nSPS) is 18.3. The highest BCUT2D eigenvalue weighted by atomic mass is 35.5. The highest BCUT2D eigenvalue weighted by Gasteiger charge is 2.22. The first kappa shape index (κ1) is 13.3. The molecule has 1 aromatic heterocycles. The molecule has 0 spiro atoms. The minimum absolute atomic E-state index is 0.129. The number of halogens is 1. The summed E-state index contributed by atoms with van der Waals surface area (Å²) in [5, 5.41) is 3.39. The zero-order valence-corrected chi connectivity index (χ0v) is 11.4. The van der Waals surface area contributed by atoms with Crippen LogP contribution in [0, 0.1) is 5.92 Å². The second-order valence-corrected chi connectivity index (χ2v) is 5.39. The summed E-state index contributed by atoms with van der Waals surface area (Å²) in [6.07, 6.45) is 6.31. The van der Waals surface area contributed by atoms with E-state index in [2.05, 4.69) is 17.2 Å². The van der Waals surface area contributed by atoms with E-state index in [4.69, 9.17) is 11.6 Å². The lowest BCUT2D eigenvalue weighted by atomic mass is 9.84. The van der Waals surface area contributed by atoms with Crippen LogP contribution in [0.3, 0.4) is 0 Å². The fourth-order valence-electron chi connectivity index (χ4n) is 2.57. The number of hydrogen-bond acceptors (Lipinski definition) is 2. The number of pyridine rings is 1. The van der Waals surface area contributed by atoms with Crippen LogP contribution in [-0.4, -0.2) is 16.9 Å². The molecule has 0 radical (unpaired) electrons. The van der Waals surface area contributed by atoms with E-state index in [0.29, 0.717) is 16.8 Å². The Balaban J connectivity index is 1.94. The van der Waals surface area contributed by atoms with E-state index in [-0.39, 0.29) is 11.9 Å². The van der Waals surface area contributed by atoms with Gasteiger partial charge in [0.25, 0.3) is 5.91 Å². The first-order valence-electron chi connectivity index (χ1n) is 6.60. The third kappa shape index (κ3) is 3.45. The van der Waals surface area contributed by atoms with Gasteiger partial charge in [0.2, 0.25) is 0 Å². The molecule has 0 aromatic carbocycles. The molecule has 1 unspecified atom stereocenters. The van der Waals surface area contributed by atoms with Crippen LogP contribution < -0.4 is 5.32 Å². The Morgan fingerprint density at radius 1 is 1.39 bits per heavy atom. The smallest absolute Gasteiger partial charge is 0.270 e. The lowest BCUT2D eigenvalue weighted by Gasteiger charge is -2.28. The molecule has 1 fully saturated rings. The minimum atomic E-state index is -0.129. The average molecular weight is 267 g/mol. The molecule has 1 aliphatic rings. The maximum atomic E-state index is 12.0. The summed E-state index contributed by atoms with van der Waals surface area (Å²) in [5.41, 5.74) is 0.394. The Labute approximate surface area is 113 Å². The van der Waals surface area contributed by atoms with Crippen LogP contribution in [0.25, 0.3) is 0 Å². The van der Waals surface area contributed by atoms with Gasteiger partial charge in [-0.2, -0.15) is 0 Å². The standard InChI is InChI=1S/C14H19ClN2O/c1-10(11-6-3-2-4-7-11)16-14(18)12-8-5-9-13(15)17-12/h5,8-11H,2-4,6-7H2,1H3,(H,16,18). The fourth-order valence-corrected chi connectivity index (χ4v) is 2.73. The van der Waals surface area contributed by atoms with Crippen LogP contribution in [0.5, 0.6) is 0 Å². The lowest BCUT2D eigenvalue weighted by molar-refractivity contribution is 0.0914. The zero-order valence-electron chi connectivity index (χ0n) is 10.7. The van der Waals surface area contributed by atoms with Crippen molar-refractivity contribution in [3.63, 3.8) is 0 Å². The molecule has 1 N–H and O–H groups in total. The number of hydrogen-bond donors (Lipinski definition) is 1. The van der Waals surface area contributed by atoms with Crippen molar-refractivity contribution in [2.24, 2.45) is 5.92 Å². The number of rotatable bonds is 3. The van der Waals surface area contributed by atoms with E-state index in [1.165, 1.54) is 32.1 Å². The molecular formula is C14H19ClN2O. The van der Waals surface area contributed by atoms with E-state index in [0.717, 1.165) is 0 Å². The molecule has 3 nitrogen and oxygen atoms in total. The Hall–Kier alpha value is -1.09. The first-order chi connectivity index (χ1) is 8.66. The molecule has 1 amide bonds. The second kappa shape index (κ2) is 6.19. The number of carbonyl (C=O) groups excluding carboxylic acids is 1. The molecule has 98 valence electrons. The summed E-state index contributed by atoms with van der Waals surface area (Å²) < 4.78 is 0. The van der Waals surface area contributed by atoms with Gasteiger partial charge in [-0.15, -0.1) is 0 Å². The highest BCUT2D eigenvalue weighted by Crippen LogP contribution is 2.26. The van der Waals surface area contributed by atoms with Crippen molar-refractivity contribution in [3.8, 4) is 0 Å². The van der Waals surface area contributed by atoms with Gasteiger partial charge in [-0.05, 0) is 37.8 Å². The molecule has 0 saturated heterocycles. The van der Waals surface area contributed by atoms with E-state index in [9.17, 15) is 4.79 Å². The van der Waals surface area contributed by atoms with Gasteiger partial charge >= 0.3 is 0 Å². The van der Waals surface area contributed by atoms with Gasteiger partial charge in [-0.1, -0.05) is 36.9 Å². The van der Waals surface area contributed by atoms with Gasteiger partial charge in [-0.3, -0.25) is 4.79 Å². The predicted molar refractivity (Wildman–Crippen MR) is 72.8 cm³/mol. The Morgan fingerprint density at radius 3 is 2.78 bits per heavy atom. The molecule has 0 aliphatic heterocycles. The minimum Gasteiger partial charge on any atom is -0.348 e. The topological polar surface area (TPSA) is 42.0 Å². The number of nitrogens with one attached hydrogen (secondary N) is 1. The van der Waals surface area contributed by atoms with Gasteiger partial charge in [0, 0.05) is 6.04 Å². The summed E-state index contributed by atoms with van der Waals surface area (Å²) in [4.78, 5) is 16.0. The molecule has 1 atom stereocenters. The number of nitrogens with zero attached hydrogens (tertiary/aromatic N) is 1.